The summed E-state index contributed by atoms with van der Waals surface area (Å²) in [4.78, 5) is 6.96. The molecule has 1 atom stereocenters. The monoisotopic (exact) mass is 290 g/mol. The second-order valence-corrected chi connectivity index (χ2v) is 6.06. The lowest BCUT2D eigenvalue weighted by Gasteiger charge is -2.38. The molecule has 21 heavy (non-hydrogen) atoms. The van der Waals surface area contributed by atoms with E-state index >= 15 is 0 Å². The molecule has 0 spiro atoms. The van der Waals surface area contributed by atoms with E-state index < -0.39 is 0 Å². The van der Waals surface area contributed by atoms with Crippen LogP contribution in [0, 0.1) is 0 Å². The van der Waals surface area contributed by atoms with Crippen LogP contribution in [0.3, 0.4) is 0 Å². The molecular formula is C16H26N4O. The summed E-state index contributed by atoms with van der Waals surface area (Å²) in [6.07, 6.45) is -0.292. The number of β-amino-alcohol motifs (C(OH)–C–C–N with tert-alkyl or cyclic N) is 1. The molecular weight excluding hydrogens is 264 g/mol. The molecule has 1 unspecified atom stereocenters. The Labute approximate surface area is 127 Å². The Hall–Kier alpha value is -1.30. The van der Waals surface area contributed by atoms with E-state index in [0.717, 1.165) is 52.4 Å². The Morgan fingerprint density at radius 2 is 1.76 bits per heavy atom. The van der Waals surface area contributed by atoms with Gasteiger partial charge in [-0.25, -0.2) is 0 Å². The summed E-state index contributed by atoms with van der Waals surface area (Å²) in [6, 6.07) is 8.47. The summed E-state index contributed by atoms with van der Waals surface area (Å²) in [6.45, 7) is 7.62. The third-order valence-electron chi connectivity index (χ3n) is 4.45. The molecule has 0 saturated carbocycles. The quantitative estimate of drug-likeness (QED) is 0.830. The van der Waals surface area contributed by atoms with Crippen LogP contribution in [0.1, 0.15) is 0 Å². The highest BCUT2D eigenvalue weighted by Crippen LogP contribution is 2.31. The fourth-order valence-electron chi connectivity index (χ4n) is 3.26. The number of benzene rings is 1. The first-order valence-electron chi connectivity index (χ1n) is 7.90. The van der Waals surface area contributed by atoms with E-state index in [1.807, 2.05) is 0 Å². The Morgan fingerprint density at radius 3 is 2.52 bits per heavy atom. The van der Waals surface area contributed by atoms with Crippen LogP contribution >= 0.6 is 0 Å². The largest absolute Gasteiger partial charge is 0.390 e. The van der Waals surface area contributed by atoms with Crippen molar-refractivity contribution in [2.24, 2.45) is 0 Å². The number of aliphatic hydroxyl groups excluding tert-OH is 1. The smallest absolute Gasteiger partial charge is 0.0841 e. The van der Waals surface area contributed by atoms with Crippen molar-refractivity contribution >= 4 is 11.4 Å². The Kier molecular flexibility index (Phi) is 4.63. The molecule has 5 heteroatoms. The number of rotatable bonds is 4. The number of para-hydroxylation sites is 2. The van der Waals surface area contributed by atoms with Gasteiger partial charge in [0.25, 0.3) is 0 Å². The third kappa shape index (κ3) is 3.48. The highest BCUT2D eigenvalue weighted by molar-refractivity contribution is 5.73. The zero-order valence-electron chi connectivity index (χ0n) is 12.8. The van der Waals surface area contributed by atoms with Gasteiger partial charge in [0.15, 0.2) is 0 Å². The SMILES string of the molecule is CN1CCN(CC(O)CN2CCNCC2)c2ccccc21. The molecule has 1 aromatic rings. The minimum absolute atomic E-state index is 0.292. The van der Waals surface area contributed by atoms with Crippen molar-refractivity contribution in [1.82, 2.24) is 10.2 Å². The van der Waals surface area contributed by atoms with Crippen LogP contribution in [0.4, 0.5) is 11.4 Å². The number of fused-ring (bicyclic) bond motifs is 1. The van der Waals surface area contributed by atoms with E-state index in [0.29, 0.717) is 0 Å². The number of hydrogen-bond acceptors (Lipinski definition) is 5. The predicted octanol–water partition coefficient (Wildman–Crippen LogP) is 0.209. The van der Waals surface area contributed by atoms with E-state index in [2.05, 4.69) is 51.3 Å². The van der Waals surface area contributed by atoms with Gasteiger partial charge in [-0.15, -0.1) is 0 Å². The zero-order valence-corrected chi connectivity index (χ0v) is 12.8. The van der Waals surface area contributed by atoms with Crippen LogP contribution in [0.2, 0.25) is 0 Å². The number of piperazine rings is 1. The van der Waals surface area contributed by atoms with Crippen molar-refractivity contribution in [3.8, 4) is 0 Å². The molecule has 0 aromatic heterocycles. The van der Waals surface area contributed by atoms with Crippen LogP contribution in [-0.2, 0) is 0 Å². The van der Waals surface area contributed by atoms with Crippen LogP contribution in [-0.4, -0.2) is 75.5 Å². The van der Waals surface area contributed by atoms with Gasteiger partial charge in [0.05, 0.1) is 17.5 Å². The number of nitrogens with zero attached hydrogens (tertiary/aromatic N) is 3. The molecule has 2 aliphatic rings. The summed E-state index contributed by atoms with van der Waals surface area (Å²) in [5.41, 5.74) is 2.50. The summed E-state index contributed by atoms with van der Waals surface area (Å²) >= 11 is 0. The Bertz CT molecular complexity index is 461. The van der Waals surface area contributed by atoms with E-state index in [9.17, 15) is 5.11 Å². The van der Waals surface area contributed by atoms with E-state index in [4.69, 9.17) is 0 Å². The molecule has 116 valence electrons. The van der Waals surface area contributed by atoms with Crippen molar-refractivity contribution in [2.45, 2.75) is 6.10 Å². The fourth-order valence-corrected chi connectivity index (χ4v) is 3.26. The molecule has 2 heterocycles. The molecule has 3 rings (SSSR count). The highest BCUT2D eigenvalue weighted by atomic mass is 16.3. The standard InChI is InChI=1S/C16H26N4O/c1-18-10-11-20(16-5-3-2-4-15(16)18)13-14(21)12-19-8-6-17-7-9-19/h2-5,14,17,21H,6-13H2,1H3. The summed E-state index contributed by atoms with van der Waals surface area (Å²) < 4.78 is 0. The van der Waals surface area contributed by atoms with Gasteiger partial charge in [-0.1, -0.05) is 12.1 Å². The molecule has 1 saturated heterocycles. The van der Waals surface area contributed by atoms with Gasteiger partial charge >= 0.3 is 0 Å². The highest BCUT2D eigenvalue weighted by Gasteiger charge is 2.23. The molecule has 0 bridgehead atoms. The summed E-state index contributed by atoms with van der Waals surface area (Å²) in [5, 5.41) is 13.8. The summed E-state index contributed by atoms with van der Waals surface area (Å²) in [7, 11) is 2.13. The van der Waals surface area contributed by atoms with Gasteiger partial charge in [-0.2, -0.15) is 0 Å². The first-order valence-corrected chi connectivity index (χ1v) is 7.90. The van der Waals surface area contributed by atoms with Crippen LogP contribution in [0.15, 0.2) is 24.3 Å². The summed E-state index contributed by atoms with van der Waals surface area (Å²) in [5.74, 6) is 0. The number of likely N-dealkylation sites (N-methyl/N-ethyl adjacent to an activating group) is 1. The molecule has 2 N–H and O–H groups in total. The van der Waals surface area contributed by atoms with E-state index in [-0.39, 0.29) is 6.10 Å². The van der Waals surface area contributed by atoms with Crippen molar-refractivity contribution in [1.29, 1.82) is 0 Å². The first kappa shape index (κ1) is 14.6. The van der Waals surface area contributed by atoms with Crippen LogP contribution < -0.4 is 15.1 Å². The van der Waals surface area contributed by atoms with Crippen LogP contribution in [0.25, 0.3) is 0 Å². The average Bonchev–Trinajstić information content (AvgIpc) is 2.51. The van der Waals surface area contributed by atoms with Crippen molar-refractivity contribution < 1.29 is 5.11 Å². The van der Waals surface area contributed by atoms with Gasteiger partial charge in [-0.05, 0) is 12.1 Å². The lowest BCUT2D eigenvalue weighted by molar-refractivity contribution is 0.109. The molecule has 0 radical (unpaired) electrons. The minimum atomic E-state index is -0.292. The normalized spacial score (nSPS) is 21.2. The maximum atomic E-state index is 10.4. The van der Waals surface area contributed by atoms with Gasteiger partial charge in [0, 0.05) is 59.4 Å². The fraction of sp³-hybridized carbons (Fsp3) is 0.625. The topological polar surface area (TPSA) is 42.0 Å². The predicted molar refractivity (Wildman–Crippen MR) is 87.2 cm³/mol. The van der Waals surface area contributed by atoms with Gasteiger partial charge < -0.3 is 20.2 Å². The third-order valence-corrected chi connectivity index (χ3v) is 4.45. The number of hydrogen-bond donors (Lipinski definition) is 2. The molecule has 5 nitrogen and oxygen atoms in total. The van der Waals surface area contributed by atoms with Crippen molar-refractivity contribution in [3.05, 3.63) is 24.3 Å². The maximum absolute atomic E-state index is 10.4. The van der Waals surface area contributed by atoms with Gasteiger partial charge in [-0.3, -0.25) is 4.90 Å². The lowest BCUT2D eigenvalue weighted by atomic mass is 10.1. The second-order valence-electron chi connectivity index (χ2n) is 6.06. The molecule has 2 aliphatic heterocycles. The molecule has 0 amide bonds. The average molecular weight is 290 g/mol. The number of anilines is 2. The lowest BCUT2D eigenvalue weighted by Crippen LogP contribution is -2.49. The first-order chi connectivity index (χ1) is 10.2. The Morgan fingerprint density at radius 1 is 1.05 bits per heavy atom. The van der Waals surface area contributed by atoms with E-state index in [1.165, 1.54) is 11.4 Å². The van der Waals surface area contributed by atoms with Crippen LogP contribution in [0.5, 0.6) is 0 Å². The maximum Gasteiger partial charge on any atom is 0.0841 e. The van der Waals surface area contributed by atoms with Crippen molar-refractivity contribution in [2.75, 3.05) is 69.2 Å². The Balaban J connectivity index is 1.61. The zero-order chi connectivity index (χ0) is 14.7. The number of nitrogens with one attached hydrogen (secondary N) is 1. The molecule has 0 aliphatic carbocycles. The van der Waals surface area contributed by atoms with Gasteiger partial charge in [0.2, 0.25) is 0 Å². The molecule has 1 aromatic carbocycles. The molecule has 1 fully saturated rings. The van der Waals surface area contributed by atoms with E-state index in [1.54, 1.807) is 0 Å². The second kappa shape index (κ2) is 6.64. The van der Waals surface area contributed by atoms with Gasteiger partial charge in [0.1, 0.15) is 0 Å². The van der Waals surface area contributed by atoms with Crippen molar-refractivity contribution in [3.63, 3.8) is 0 Å². The minimum Gasteiger partial charge on any atom is -0.390 e. The number of aliphatic hydroxyl groups is 1.